The maximum absolute atomic E-state index is 5.99. The van der Waals surface area contributed by atoms with Gasteiger partial charge in [0.2, 0.25) is 0 Å². The molecule has 0 aliphatic heterocycles. The van der Waals surface area contributed by atoms with Crippen LogP contribution in [0.15, 0.2) is 89.6 Å². The average molecular weight is 920 g/mol. The van der Waals surface area contributed by atoms with Crippen molar-refractivity contribution in [3.05, 3.63) is 131 Å². The van der Waals surface area contributed by atoms with Gasteiger partial charge in [0.1, 0.15) is 0 Å². The predicted molar refractivity (Wildman–Crippen MR) is 227 cm³/mol. The Morgan fingerprint density at radius 3 is 2.27 bits per heavy atom. The Balaban J connectivity index is 0.000000204. The molecule has 8 aromatic rings. The first kappa shape index (κ1) is 39.9. The zero-order chi connectivity index (χ0) is 38.3. The van der Waals surface area contributed by atoms with Gasteiger partial charge in [0.05, 0.1) is 36.7 Å². The van der Waals surface area contributed by atoms with E-state index in [1.807, 2.05) is 62.5 Å². The summed E-state index contributed by atoms with van der Waals surface area (Å²) in [6.45, 7) is 22.2. The molecule has 0 aliphatic carbocycles. The summed E-state index contributed by atoms with van der Waals surface area (Å²) in [7, 11) is -1.35. The van der Waals surface area contributed by atoms with Crippen LogP contribution in [0.2, 0.25) is 19.6 Å². The third-order valence-corrected chi connectivity index (χ3v) is 12.3. The second kappa shape index (κ2) is 16.2. The number of imidazole rings is 1. The summed E-state index contributed by atoms with van der Waals surface area (Å²) >= 11 is 0. The minimum absolute atomic E-state index is 0. The normalized spacial score (nSPS) is 12.1. The summed E-state index contributed by atoms with van der Waals surface area (Å²) in [6.07, 6.45) is 6.35. The molecule has 283 valence electrons. The standard InChI is InChI=1S/C28H23N4O.C19H26NSi.Ir/c1-15-10-16(2)26(17(3)11-15)32-24-12-19(5)29-14-23(24)31-27(32)20-7-9-25-22(13-20)21-8-6-18(4)30-28(21)33-25;1-6-15(2)12-17-13-18(16-10-8-7-9-11-16)20-14-19(17)21(3,4)5;/h6-12,14H,1-5H3;7-10,13-15H,6,12H2,1-5H3;/q2*-1;. The molecule has 0 aliphatic rings. The van der Waals surface area contributed by atoms with E-state index < -0.39 is 8.07 Å². The third kappa shape index (κ3) is 8.28. The molecule has 6 nitrogen and oxygen atoms in total. The molecule has 1 unspecified atom stereocenters. The molecule has 8 rings (SSSR count). The molecule has 3 aromatic carbocycles. The van der Waals surface area contributed by atoms with E-state index in [9.17, 15) is 0 Å². The van der Waals surface area contributed by atoms with Crippen LogP contribution in [0.5, 0.6) is 0 Å². The molecule has 0 spiro atoms. The predicted octanol–water partition coefficient (Wildman–Crippen LogP) is 11.4. The molecule has 5 heterocycles. The molecule has 55 heavy (non-hydrogen) atoms. The molecule has 0 bridgehead atoms. The summed E-state index contributed by atoms with van der Waals surface area (Å²) in [6, 6.07) is 31.9. The number of pyridine rings is 3. The van der Waals surface area contributed by atoms with Gasteiger partial charge in [0, 0.05) is 43.4 Å². The van der Waals surface area contributed by atoms with E-state index in [0.717, 1.165) is 79.4 Å². The van der Waals surface area contributed by atoms with Crippen molar-refractivity contribution in [3.63, 3.8) is 0 Å². The number of nitrogens with zero attached hydrogens (tertiary/aromatic N) is 5. The van der Waals surface area contributed by atoms with Gasteiger partial charge in [0.15, 0.2) is 5.71 Å². The molecule has 8 heteroatoms. The number of aromatic nitrogens is 5. The van der Waals surface area contributed by atoms with Crippen molar-refractivity contribution < 1.29 is 24.5 Å². The summed E-state index contributed by atoms with van der Waals surface area (Å²) < 4.78 is 8.23. The van der Waals surface area contributed by atoms with Crippen LogP contribution in [0.4, 0.5) is 0 Å². The number of fused-ring (bicyclic) bond motifs is 4. The molecule has 0 fully saturated rings. The van der Waals surface area contributed by atoms with Gasteiger partial charge in [-0.3, -0.25) is 9.97 Å². The monoisotopic (exact) mass is 920 g/mol. The first-order valence-electron chi connectivity index (χ1n) is 18.9. The quantitative estimate of drug-likeness (QED) is 0.118. The maximum Gasteiger partial charge on any atom is 0.183 e. The summed E-state index contributed by atoms with van der Waals surface area (Å²) in [5.41, 5.74) is 14.5. The molecule has 0 saturated heterocycles. The van der Waals surface area contributed by atoms with Crippen LogP contribution in [-0.2, 0) is 26.5 Å². The fourth-order valence-corrected chi connectivity index (χ4v) is 8.97. The van der Waals surface area contributed by atoms with E-state index in [2.05, 4.69) is 117 Å². The van der Waals surface area contributed by atoms with Crippen LogP contribution in [-0.4, -0.2) is 32.6 Å². The minimum Gasteiger partial charge on any atom is -0.482 e. The number of benzene rings is 3. The van der Waals surface area contributed by atoms with Gasteiger partial charge < -0.3 is 14.0 Å². The Kier molecular flexibility index (Phi) is 11.7. The summed E-state index contributed by atoms with van der Waals surface area (Å²) in [4.78, 5) is 18.8. The van der Waals surface area contributed by atoms with E-state index in [1.54, 1.807) is 0 Å². The molecule has 0 saturated carbocycles. The largest absolute Gasteiger partial charge is 0.482 e. The first-order chi connectivity index (χ1) is 25.8. The van der Waals surface area contributed by atoms with Gasteiger partial charge in [-0.25, -0.2) is 4.98 Å². The van der Waals surface area contributed by atoms with Gasteiger partial charge in [0.25, 0.3) is 0 Å². The summed E-state index contributed by atoms with van der Waals surface area (Å²) in [5.74, 6) is 1.55. The number of hydrogen-bond donors (Lipinski definition) is 0. The van der Waals surface area contributed by atoms with Gasteiger partial charge in [-0.2, -0.15) is 0 Å². The third-order valence-electron chi connectivity index (χ3n) is 10.2. The van der Waals surface area contributed by atoms with E-state index in [4.69, 9.17) is 14.4 Å². The van der Waals surface area contributed by atoms with Crippen molar-refractivity contribution >= 4 is 46.4 Å². The van der Waals surface area contributed by atoms with Crippen LogP contribution in [0.25, 0.3) is 61.4 Å². The topological polar surface area (TPSA) is 69.6 Å². The fourth-order valence-electron chi connectivity index (χ4n) is 7.38. The second-order valence-electron chi connectivity index (χ2n) is 15.8. The van der Waals surface area contributed by atoms with Crippen molar-refractivity contribution in [2.75, 3.05) is 0 Å². The maximum atomic E-state index is 5.99. The van der Waals surface area contributed by atoms with Crippen molar-refractivity contribution in [3.8, 4) is 28.3 Å². The van der Waals surface area contributed by atoms with Gasteiger partial charge in [-0.15, -0.1) is 48.0 Å². The second-order valence-corrected chi connectivity index (χ2v) is 20.9. The number of rotatable bonds is 7. The van der Waals surface area contributed by atoms with Gasteiger partial charge in [-0.1, -0.05) is 92.3 Å². The van der Waals surface area contributed by atoms with E-state index in [-0.39, 0.29) is 20.1 Å². The van der Waals surface area contributed by atoms with Crippen molar-refractivity contribution in [1.29, 1.82) is 0 Å². The van der Waals surface area contributed by atoms with Crippen LogP contribution in [0.1, 0.15) is 53.9 Å². The number of hydrogen-bond acceptors (Lipinski definition) is 5. The van der Waals surface area contributed by atoms with Crippen molar-refractivity contribution in [2.45, 2.75) is 80.9 Å². The van der Waals surface area contributed by atoms with Crippen LogP contribution >= 0.6 is 0 Å². The van der Waals surface area contributed by atoms with Crippen molar-refractivity contribution in [1.82, 2.24) is 24.5 Å². The Hall–Kier alpha value is -4.75. The first-order valence-corrected chi connectivity index (χ1v) is 22.4. The minimum atomic E-state index is -1.35. The van der Waals surface area contributed by atoms with E-state index in [1.165, 1.54) is 33.9 Å². The molecule has 0 N–H and O–H groups in total. The van der Waals surface area contributed by atoms with Gasteiger partial charge >= 0.3 is 0 Å². The number of aryl methyl sites for hydroxylation is 5. The van der Waals surface area contributed by atoms with E-state index >= 15 is 0 Å². The molecule has 1 atom stereocenters. The zero-order valence-electron chi connectivity index (χ0n) is 33.6. The van der Waals surface area contributed by atoms with Crippen molar-refractivity contribution in [2.24, 2.45) is 5.92 Å². The Morgan fingerprint density at radius 1 is 0.818 bits per heavy atom. The summed E-state index contributed by atoms with van der Waals surface area (Å²) in [5, 5.41) is 3.38. The van der Waals surface area contributed by atoms with Crippen LogP contribution < -0.4 is 5.19 Å². The smallest absolute Gasteiger partial charge is 0.183 e. The van der Waals surface area contributed by atoms with Gasteiger partial charge in [-0.05, 0) is 86.5 Å². The molecule has 1 radical (unpaired) electrons. The van der Waals surface area contributed by atoms with E-state index in [0.29, 0.717) is 5.71 Å². The Labute approximate surface area is 339 Å². The Morgan fingerprint density at radius 2 is 1.58 bits per heavy atom. The SMILES string of the molecule is CCC(C)Cc1cc(-c2[c-]cccc2)ncc1[Si](C)(C)C.Cc1cc(C)c(-n2c(-c3[c-]c4c(cc3)oc3nc(C)ccc34)nc3cnc(C)cc32)c(C)c1.[Ir]. The molecular formula is C47H49IrN5OSi-2. The number of furan rings is 1. The fraction of sp³-hybridized carbons (Fsp3) is 0.277. The molecular weight excluding hydrogens is 871 g/mol. The van der Waals surface area contributed by atoms with Crippen LogP contribution in [0.3, 0.4) is 0 Å². The molecule has 0 amide bonds. The Bertz CT molecular complexity index is 2610. The average Bonchev–Trinajstić information content (AvgIpc) is 3.68. The van der Waals surface area contributed by atoms with Crippen LogP contribution in [0, 0.1) is 52.7 Å². The zero-order valence-corrected chi connectivity index (χ0v) is 36.9. The molecule has 5 aromatic heterocycles.